The molecule has 1 heterocycles. The normalized spacial score (nSPS) is 10.3. The average Bonchev–Trinajstić information content (AvgIpc) is 2.20. The molecule has 0 amide bonds. The number of aromatic nitrogens is 1. The molecule has 0 aliphatic carbocycles. The van der Waals surface area contributed by atoms with Crippen molar-refractivity contribution in [2.45, 2.75) is 6.92 Å². The molecule has 0 spiro atoms. The summed E-state index contributed by atoms with van der Waals surface area (Å²) in [5, 5.41) is 10.6. The van der Waals surface area contributed by atoms with Crippen molar-refractivity contribution in [3.8, 4) is 6.07 Å². The van der Waals surface area contributed by atoms with Gasteiger partial charge in [-0.1, -0.05) is 23.2 Å². The van der Waals surface area contributed by atoms with Crippen molar-refractivity contribution < 1.29 is 0 Å². The molecule has 0 aliphatic heterocycles. The minimum atomic E-state index is 0.409. The lowest BCUT2D eigenvalue weighted by Gasteiger charge is -2.05. The van der Waals surface area contributed by atoms with E-state index in [0.29, 0.717) is 26.7 Å². The zero-order valence-corrected chi connectivity index (χ0v) is 9.39. The van der Waals surface area contributed by atoms with E-state index in [2.05, 4.69) is 4.98 Å². The second-order valence-corrected chi connectivity index (χ2v) is 3.97. The van der Waals surface area contributed by atoms with E-state index < -0.39 is 0 Å². The second kappa shape index (κ2) is 3.69. The van der Waals surface area contributed by atoms with Crippen LogP contribution in [-0.2, 0) is 0 Å². The van der Waals surface area contributed by atoms with Crippen LogP contribution in [0.25, 0.3) is 10.9 Å². The summed E-state index contributed by atoms with van der Waals surface area (Å²) in [6.07, 6.45) is 0. The van der Waals surface area contributed by atoms with Crippen molar-refractivity contribution in [3.63, 3.8) is 0 Å². The van der Waals surface area contributed by atoms with E-state index >= 15 is 0 Å². The molecule has 0 saturated heterocycles. The molecule has 0 unspecified atom stereocenters. The maximum absolute atomic E-state index is 8.92. The largest absolute Gasteiger partial charge is 0.252 e. The van der Waals surface area contributed by atoms with Crippen LogP contribution in [0.4, 0.5) is 0 Å². The number of nitrogens with zero attached hydrogens (tertiary/aromatic N) is 2. The highest BCUT2D eigenvalue weighted by Crippen LogP contribution is 2.29. The minimum Gasteiger partial charge on any atom is -0.252 e. The number of hydrogen-bond acceptors (Lipinski definition) is 2. The van der Waals surface area contributed by atoms with Crippen LogP contribution >= 0.6 is 23.2 Å². The van der Waals surface area contributed by atoms with E-state index in [1.54, 1.807) is 25.1 Å². The number of fused-ring (bicyclic) bond motifs is 1. The second-order valence-electron chi connectivity index (χ2n) is 3.16. The monoisotopic (exact) mass is 236 g/mol. The Morgan fingerprint density at radius 3 is 2.73 bits per heavy atom. The molecular formula is C11H6Cl2N2. The number of nitriles is 1. The van der Waals surface area contributed by atoms with Crippen LogP contribution in [0.5, 0.6) is 0 Å². The lowest BCUT2D eigenvalue weighted by molar-refractivity contribution is 1.23. The number of hydrogen-bond donors (Lipinski definition) is 0. The number of benzene rings is 1. The Morgan fingerprint density at radius 1 is 1.33 bits per heavy atom. The van der Waals surface area contributed by atoms with Gasteiger partial charge in [-0.2, -0.15) is 5.26 Å². The average molecular weight is 237 g/mol. The van der Waals surface area contributed by atoms with Crippen molar-refractivity contribution in [1.29, 1.82) is 5.26 Å². The highest BCUT2D eigenvalue weighted by Gasteiger charge is 2.10. The highest BCUT2D eigenvalue weighted by molar-refractivity contribution is 6.37. The quantitative estimate of drug-likeness (QED) is 0.700. The summed E-state index contributed by atoms with van der Waals surface area (Å²) in [7, 11) is 0. The lowest BCUT2D eigenvalue weighted by Crippen LogP contribution is -1.91. The SMILES string of the molecule is Cc1nc2ccc(Cl)cc2c(Cl)c1C#N. The lowest BCUT2D eigenvalue weighted by atomic mass is 10.1. The number of aryl methyl sites for hydroxylation is 1. The summed E-state index contributed by atoms with van der Waals surface area (Å²) in [4.78, 5) is 4.28. The molecule has 15 heavy (non-hydrogen) atoms. The van der Waals surface area contributed by atoms with E-state index in [-0.39, 0.29) is 0 Å². The van der Waals surface area contributed by atoms with Crippen molar-refractivity contribution in [3.05, 3.63) is 39.5 Å². The molecule has 0 atom stereocenters. The number of pyridine rings is 1. The van der Waals surface area contributed by atoms with Gasteiger partial charge >= 0.3 is 0 Å². The van der Waals surface area contributed by atoms with Crippen molar-refractivity contribution in [2.75, 3.05) is 0 Å². The van der Waals surface area contributed by atoms with Crippen LogP contribution in [0.1, 0.15) is 11.3 Å². The first kappa shape index (κ1) is 10.2. The fourth-order valence-corrected chi connectivity index (χ4v) is 1.94. The van der Waals surface area contributed by atoms with Gasteiger partial charge in [0.15, 0.2) is 0 Å². The van der Waals surface area contributed by atoms with Crippen LogP contribution in [0, 0.1) is 18.3 Å². The molecule has 1 aromatic heterocycles. The Hall–Kier alpha value is -1.30. The highest BCUT2D eigenvalue weighted by atomic mass is 35.5. The fourth-order valence-electron chi connectivity index (χ4n) is 1.44. The van der Waals surface area contributed by atoms with Crippen LogP contribution in [0.2, 0.25) is 10.0 Å². The summed E-state index contributed by atoms with van der Waals surface area (Å²) in [6.45, 7) is 1.76. The molecular weight excluding hydrogens is 231 g/mol. The summed E-state index contributed by atoms with van der Waals surface area (Å²) in [6, 6.07) is 7.29. The van der Waals surface area contributed by atoms with Gasteiger partial charge in [-0.05, 0) is 25.1 Å². The van der Waals surface area contributed by atoms with Gasteiger partial charge in [0, 0.05) is 10.4 Å². The molecule has 2 aromatic rings. The van der Waals surface area contributed by atoms with E-state index in [1.165, 1.54) is 0 Å². The smallest absolute Gasteiger partial charge is 0.103 e. The molecule has 0 saturated carbocycles. The minimum absolute atomic E-state index is 0.409. The predicted octanol–water partition coefficient (Wildman–Crippen LogP) is 3.72. The van der Waals surface area contributed by atoms with Gasteiger partial charge in [0.05, 0.1) is 21.8 Å². The Bertz CT molecular complexity index is 585. The van der Waals surface area contributed by atoms with Gasteiger partial charge in [-0.25, -0.2) is 0 Å². The first-order valence-electron chi connectivity index (χ1n) is 4.29. The molecule has 2 nitrogen and oxygen atoms in total. The van der Waals surface area contributed by atoms with Crippen molar-refractivity contribution in [2.24, 2.45) is 0 Å². The van der Waals surface area contributed by atoms with E-state index in [0.717, 1.165) is 5.52 Å². The standard InChI is InChI=1S/C11H6Cl2N2/c1-6-9(5-14)11(13)8-4-7(12)2-3-10(8)15-6/h2-4H,1H3. The van der Waals surface area contributed by atoms with Gasteiger partial charge in [-0.3, -0.25) is 4.98 Å². The Kier molecular flexibility index (Phi) is 2.52. The first-order valence-corrected chi connectivity index (χ1v) is 5.04. The third-order valence-electron chi connectivity index (χ3n) is 2.18. The molecule has 0 bridgehead atoms. The van der Waals surface area contributed by atoms with Crippen LogP contribution in [-0.4, -0.2) is 4.98 Å². The van der Waals surface area contributed by atoms with E-state index in [1.807, 2.05) is 6.07 Å². The zero-order chi connectivity index (χ0) is 11.0. The van der Waals surface area contributed by atoms with Gasteiger partial charge < -0.3 is 0 Å². The van der Waals surface area contributed by atoms with Crippen molar-refractivity contribution in [1.82, 2.24) is 4.98 Å². The molecule has 4 heteroatoms. The molecule has 1 aromatic carbocycles. The van der Waals surface area contributed by atoms with Crippen LogP contribution < -0.4 is 0 Å². The number of rotatable bonds is 0. The van der Waals surface area contributed by atoms with Gasteiger partial charge in [0.1, 0.15) is 6.07 Å². The maximum Gasteiger partial charge on any atom is 0.103 e. The summed E-state index contributed by atoms with van der Waals surface area (Å²) < 4.78 is 0. The van der Waals surface area contributed by atoms with Gasteiger partial charge in [-0.15, -0.1) is 0 Å². The zero-order valence-electron chi connectivity index (χ0n) is 7.88. The molecule has 0 fully saturated rings. The van der Waals surface area contributed by atoms with Gasteiger partial charge in [0.25, 0.3) is 0 Å². The maximum atomic E-state index is 8.92. The summed E-state index contributed by atoms with van der Waals surface area (Å²) in [5.74, 6) is 0. The third kappa shape index (κ3) is 1.65. The Morgan fingerprint density at radius 2 is 2.07 bits per heavy atom. The van der Waals surface area contributed by atoms with Crippen LogP contribution in [0.3, 0.4) is 0 Å². The molecule has 2 rings (SSSR count). The molecule has 74 valence electrons. The molecule has 0 aliphatic rings. The topological polar surface area (TPSA) is 36.7 Å². The van der Waals surface area contributed by atoms with E-state index in [4.69, 9.17) is 28.5 Å². The Labute approximate surface area is 97.1 Å². The summed E-state index contributed by atoms with van der Waals surface area (Å²) >= 11 is 12.0. The predicted molar refractivity (Wildman–Crippen MR) is 61.2 cm³/mol. The fraction of sp³-hybridized carbons (Fsp3) is 0.0909. The number of halogens is 2. The molecule has 0 N–H and O–H groups in total. The summed E-state index contributed by atoms with van der Waals surface area (Å²) in [5.41, 5.74) is 1.80. The van der Waals surface area contributed by atoms with Gasteiger partial charge in [0.2, 0.25) is 0 Å². The van der Waals surface area contributed by atoms with Crippen molar-refractivity contribution >= 4 is 34.1 Å². The first-order chi connectivity index (χ1) is 7.13. The van der Waals surface area contributed by atoms with E-state index in [9.17, 15) is 0 Å². The third-order valence-corrected chi connectivity index (χ3v) is 2.80. The Balaban J connectivity index is 2.94. The van der Waals surface area contributed by atoms with Crippen LogP contribution in [0.15, 0.2) is 18.2 Å². The molecule has 0 radical (unpaired) electrons.